The lowest BCUT2D eigenvalue weighted by atomic mass is 9.98. The minimum absolute atomic E-state index is 0.247. The number of benzene rings is 2. The molecule has 2 aromatic rings. The molecule has 3 nitrogen and oxygen atoms in total. The van der Waals surface area contributed by atoms with E-state index < -0.39 is 5.82 Å². The van der Waals surface area contributed by atoms with E-state index in [0.29, 0.717) is 22.6 Å². The highest BCUT2D eigenvalue weighted by molar-refractivity contribution is 6.10. The van der Waals surface area contributed by atoms with Gasteiger partial charge in [-0.25, -0.2) is 4.39 Å². The van der Waals surface area contributed by atoms with E-state index in [-0.39, 0.29) is 5.78 Å². The highest BCUT2D eigenvalue weighted by Crippen LogP contribution is 2.31. The van der Waals surface area contributed by atoms with Gasteiger partial charge in [-0.2, -0.15) is 0 Å². The Labute approximate surface area is 117 Å². The van der Waals surface area contributed by atoms with Crippen LogP contribution in [0.3, 0.4) is 0 Å². The summed E-state index contributed by atoms with van der Waals surface area (Å²) in [7, 11) is 3.04. The van der Waals surface area contributed by atoms with Crippen LogP contribution in [0.1, 0.15) is 21.5 Å². The maximum Gasteiger partial charge on any atom is 0.193 e. The van der Waals surface area contributed by atoms with Gasteiger partial charge in [0.2, 0.25) is 0 Å². The van der Waals surface area contributed by atoms with E-state index in [1.165, 1.54) is 32.4 Å². The van der Waals surface area contributed by atoms with Crippen LogP contribution in [0, 0.1) is 12.7 Å². The Bertz CT molecular complexity index is 650. The monoisotopic (exact) mass is 274 g/mol. The van der Waals surface area contributed by atoms with Gasteiger partial charge in [-0.3, -0.25) is 4.79 Å². The predicted molar refractivity (Wildman–Crippen MR) is 74.1 cm³/mol. The van der Waals surface area contributed by atoms with Gasteiger partial charge >= 0.3 is 0 Å². The van der Waals surface area contributed by atoms with E-state index in [4.69, 9.17) is 9.47 Å². The van der Waals surface area contributed by atoms with Crippen molar-refractivity contribution in [3.8, 4) is 11.5 Å². The molecule has 0 fully saturated rings. The molecule has 20 heavy (non-hydrogen) atoms. The van der Waals surface area contributed by atoms with Crippen LogP contribution in [0.5, 0.6) is 11.5 Å². The topological polar surface area (TPSA) is 35.5 Å². The summed E-state index contributed by atoms with van der Waals surface area (Å²) in [4.78, 5) is 12.4. The van der Waals surface area contributed by atoms with Crippen molar-refractivity contribution in [2.75, 3.05) is 14.2 Å². The van der Waals surface area contributed by atoms with Gasteiger partial charge in [0.1, 0.15) is 5.82 Å². The molecule has 0 spiro atoms. The van der Waals surface area contributed by atoms with Crippen LogP contribution in [0.25, 0.3) is 0 Å². The zero-order valence-corrected chi connectivity index (χ0v) is 11.6. The zero-order chi connectivity index (χ0) is 14.7. The number of hydrogen-bond donors (Lipinski definition) is 0. The first-order chi connectivity index (χ1) is 9.56. The minimum Gasteiger partial charge on any atom is -0.493 e. The molecule has 0 amide bonds. The van der Waals surface area contributed by atoms with Gasteiger partial charge in [0, 0.05) is 11.1 Å². The van der Waals surface area contributed by atoms with Crippen molar-refractivity contribution >= 4 is 5.78 Å². The van der Waals surface area contributed by atoms with E-state index in [1.54, 1.807) is 25.1 Å². The van der Waals surface area contributed by atoms with E-state index in [2.05, 4.69) is 0 Å². The molecule has 2 rings (SSSR count). The lowest BCUT2D eigenvalue weighted by Gasteiger charge is -2.12. The average Bonchev–Trinajstić information content (AvgIpc) is 2.46. The molecule has 0 aromatic heterocycles. The Hall–Kier alpha value is -2.36. The van der Waals surface area contributed by atoms with Crippen molar-refractivity contribution in [2.45, 2.75) is 6.92 Å². The quantitative estimate of drug-likeness (QED) is 0.802. The van der Waals surface area contributed by atoms with Gasteiger partial charge in [0.25, 0.3) is 0 Å². The molecular formula is C16H15FO3. The number of aryl methyl sites for hydroxylation is 1. The Morgan fingerprint density at radius 1 is 1.05 bits per heavy atom. The molecule has 0 atom stereocenters. The van der Waals surface area contributed by atoms with E-state index in [0.717, 1.165) is 5.56 Å². The molecule has 0 saturated heterocycles. The van der Waals surface area contributed by atoms with Crippen molar-refractivity contribution in [3.05, 3.63) is 58.9 Å². The molecule has 0 bridgehead atoms. The van der Waals surface area contributed by atoms with Crippen LogP contribution in [0.4, 0.5) is 4.39 Å². The highest BCUT2D eigenvalue weighted by Gasteiger charge is 2.16. The van der Waals surface area contributed by atoms with Gasteiger partial charge < -0.3 is 9.47 Å². The van der Waals surface area contributed by atoms with Crippen molar-refractivity contribution in [1.29, 1.82) is 0 Å². The standard InChI is InChI=1S/C16H15FO3/c1-10-7-14(19-2)15(20-3)9-13(10)16(18)11-5-4-6-12(17)8-11/h4-9H,1-3H3. The van der Waals surface area contributed by atoms with Gasteiger partial charge in [0.15, 0.2) is 17.3 Å². The first kappa shape index (κ1) is 14.1. The van der Waals surface area contributed by atoms with Crippen molar-refractivity contribution < 1.29 is 18.7 Å². The number of rotatable bonds is 4. The van der Waals surface area contributed by atoms with E-state index >= 15 is 0 Å². The number of ketones is 1. The fraction of sp³-hybridized carbons (Fsp3) is 0.188. The summed E-state index contributed by atoms with van der Waals surface area (Å²) in [5.74, 6) is 0.343. The highest BCUT2D eigenvalue weighted by atomic mass is 19.1. The molecular weight excluding hydrogens is 259 g/mol. The Balaban J connectivity index is 2.49. The van der Waals surface area contributed by atoms with Crippen LogP contribution in [0.15, 0.2) is 36.4 Å². The Kier molecular flexibility index (Phi) is 4.03. The number of carbonyl (C=O) groups is 1. The summed E-state index contributed by atoms with van der Waals surface area (Å²) in [6.45, 7) is 1.80. The van der Waals surface area contributed by atoms with Crippen molar-refractivity contribution in [3.63, 3.8) is 0 Å². The first-order valence-electron chi connectivity index (χ1n) is 6.09. The average molecular weight is 274 g/mol. The molecule has 2 aromatic carbocycles. The molecule has 0 N–H and O–H groups in total. The van der Waals surface area contributed by atoms with Crippen LogP contribution in [-0.4, -0.2) is 20.0 Å². The van der Waals surface area contributed by atoms with Crippen molar-refractivity contribution in [2.24, 2.45) is 0 Å². The van der Waals surface area contributed by atoms with Gasteiger partial charge in [0.05, 0.1) is 14.2 Å². The number of carbonyl (C=O) groups excluding carboxylic acids is 1. The molecule has 0 aliphatic carbocycles. The van der Waals surface area contributed by atoms with Crippen molar-refractivity contribution in [1.82, 2.24) is 0 Å². The zero-order valence-electron chi connectivity index (χ0n) is 11.6. The number of ether oxygens (including phenoxy) is 2. The first-order valence-corrected chi connectivity index (χ1v) is 6.09. The fourth-order valence-electron chi connectivity index (χ4n) is 2.01. The molecule has 0 unspecified atom stereocenters. The fourth-order valence-corrected chi connectivity index (χ4v) is 2.01. The summed E-state index contributed by atoms with van der Waals surface area (Å²) in [5.41, 5.74) is 1.52. The van der Waals surface area contributed by atoms with Gasteiger partial charge in [-0.15, -0.1) is 0 Å². The van der Waals surface area contributed by atoms with E-state index in [1.807, 2.05) is 0 Å². The van der Waals surface area contributed by atoms with E-state index in [9.17, 15) is 9.18 Å². The number of hydrogen-bond acceptors (Lipinski definition) is 3. The largest absolute Gasteiger partial charge is 0.493 e. The predicted octanol–water partition coefficient (Wildman–Crippen LogP) is 3.38. The smallest absolute Gasteiger partial charge is 0.193 e. The summed E-state index contributed by atoms with van der Waals surface area (Å²) in [6, 6.07) is 8.96. The van der Waals surface area contributed by atoms with Crippen LogP contribution < -0.4 is 9.47 Å². The third-order valence-corrected chi connectivity index (χ3v) is 3.06. The number of halogens is 1. The molecule has 4 heteroatoms. The third kappa shape index (κ3) is 2.64. The lowest BCUT2D eigenvalue weighted by molar-refractivity contribution is 0.103. The summed E-state index contributed by atoms with van der Waals surface area (Å²) in [5, 5.41) is 0. The molecule has 104 valence electrons. The lowest BCUT2D eigenvalue weighted by Crippen LogP contribution is -2.05. The second kappa shape index (κ2) is 5.74. The minimum atomic E-state index is -0.436. The molecule has 0 aliphatic rings. The number of methoxy groups -OCH3 is 2. The molecule has 0 heterocycles. The second-order valence-electron chi connectivity index (χ2n) is 4.36. The third-order valence-electron chi connectivity index (χ3n) is 3.06. The Morgan fingerprint density at radius 3 is 2.30 bits per heavy atom. The van der Waals surface area contributed by atoms with Crippen LogP contribution in [-0.2, 0) is 0 Å². The summed E-state index contributed by atoms with van der Waals surface area (Å²) >= 11 is 0. The summed E-state index contributed by atoms with van der Waals surface area (Å²) in [6.07, 6.45) is 0. The van der Waals surface area contributed by atoms with Crippen LogP contribution >= 0.6 is 0 Å². The maximum atomic E-state index is 13.2. The molecule has 0 saturated carbocycles. The molecule has 0 aliphatic heterocycles. The van der Waals surface area contributed by atoms with Gasteiger partial charge in [-0.1, -0.05) is 12.1 Å². The maximum absolute atomic E-state index is 13.2. The summed E-state index contributed by atoms with van der Waals surface area (Å²) < 4.78 is 23.6. The normalized spacial score (nSPS) is 10.2. The SMILES string of the molecule is COc1cc(C)c(C(=O)c2cccc(F)c2)cc1OC. The molecule has 0 radical (unpaired) electrons. The van der Waals surface area contributed by atoms with Crippen LogP contribution in [0.2, 0.25) is 0 Å². The second-order valence-corrected chi connectivity index (χ2v) is 4.36. The van der Waals surface area contributed by atoms with Gasteiger partial charge in [-0.05, 0) is 36.8 Å². The Morgan fingerprint density at radius 2 is 1.70 bits per heavy atom.